The second kappa shape index (κ2) is 7.64. The molecule has 20 heavy (non-hydrogen) atoms. The minimum Gasteiger partial charge on any atom is -0.381 e. The minimum absolute atomic E-state index is 0.0618. The number of carbonyl (C=O) groups excluding carboxylic acids is 1. The van der Waals surface area contributed by atoms with Crippen LogP contribution in [-0.4, -0.2) is 43.3 Å². The molecule has 0 spiro atoms. The van der Waals surface area contributed by atoms with Crippen molar-refractivity contribution >= 4 is 17.4 Å². The van der Waals surface area contributed by atoms with Crippen LogP contribution >= 0.6 is 11.3 Å². The molecule has 0 radical (unpaired) electrons. The van der Waals surface area contributed by atoms with Gasteiger partial charge in [0.2, 0.25) is 0 Å². The molecule has 2 atom stereocenters. The van der Waals surface area contributed by atoms with Crippen molar-refractivity contribution in [3.8, 4) is 0 Å². The minimum atomic E-state index is 0.0618. The highest BCUT2D eigenvalue weighted by molar-refractivity contribution is 7.07. The number of amides is 2. The molecule has 5 heteroatoms. The summed E-state index contributed by atoms with van der Waals surface area (Å²) in [5.41, 5.74) is 1.29. The average molecular weight is 296 g/mol. The highest BCUT2D eigenvalue weighted by atomic mass is 32.1. The Morgan fingerprint density at radius 1 is 1.65 bits per heavy atom. The fourth-order valence-corrected chi connectivity index (χ4v) is 3.23. The Balaban J connectivity index is 1.72. The van der Waals surface area contributed by atoms with Crippen LogP contribution in [0.1, 0.15) is 25.8 Å². The third-order valence-electron chi connectivity index (χ3n) is 3.62. The van der Waals surface area contributed by atoms with Crippen molar-refractivity contribution in [1.82, 2.24) is 10.2 Å². The normalized spacial score (nSPS) is 20.1. The lowest BCUT2D eigenvalue weighted by Crippen LogP contribution is -2.43. The van der Waals surface area contributed by atoms with Crippen LogP contribution < -0.4 is 5.32 Å². The lowest BCUT2D eigenvalue weighted by Gasteiger charge is -2.21. The van der Waals surface area contributed by atoms with E-state index in [0.717, 1.165) is 39.1 Å². The lowest BCUT2D eigenvalue weighted by molar-refractivity contribution is 0.113. The average Bonchev–Trinajstić information content (AvgIpc) is 3.07. The number of hydrogen-bond acceptors (Lipinski definition) is 3. The van der Waals surface area contributed by atoms with E-state index in [9.17, 15) is 4.79 Å². The van der Waals surface area contributed by atoms with Gasteiger partial charge in [0, 0.05) is 31.7 Å². The van der Waals surface area contributed by atoms with E-state index in [1.54, 1.807) is 11.3 Å². The molecule has 1 saturated heterocycles. The maximum atomic E-state index is 12.2. The number of likely N-dealkylation sites (tertiary alicyclic amines) is 1. The van der Waals surface area contributed by atoms with Gasteiger partial charge in [-0.05, 0) is 49.1 Å². The first-order chi connectivity index (χ1) is 9.69. The standard InChI is InChI=1S/C15H24N2O2S/c1-3-19-10-14-4-6-17(9-14)15(18)16-12(2)8-13-5-7-20-11-13/h5,7,11-12,14H,3-4,6,8-10H2,1-2H3,(H,16,18)/t12-,14-/m1/s1. The predicted octanol–water partition coefficient (Wildman–Crippen LogP) is 2.75. The van der Waals surface area contributed by atoms with E-state index in [0.29, 0.717) is 5.92 Å². The third kappa shape index (κ3) is 4.49. The van der Waals surface area contributed by atoms with Crippen molar-refractivity contribution in [2.75, 3.05) is 26.3 Å². The van der Waals surface area contributed by atoms with Crippen LogP contribution in [0.5, 0.6) is 0 Å². The largest absolute Gasteiger partial charge is 0.381 e. The number of hydrogen-bond donors (Lipinski definition) is 1. The quantitative estimate of drug-likeness (QED) is 0.877. The summed E-state index contributed by atoms with van der Waals surface area (Å²) in [6.07, 6.45) is 1.94. The molecule has 2 amide bonds. The number of rotatable bonds is 6. The van der Waals surface area contributed by atoms with Gasteiger partial charge >= 0.3 is 6.03 Å². The van der Waals surface area contributed by atoms with Gasteiger partial charge in [-0.2, -0.15) is 11.3 Å². The third-order valence-corrected chi connectivity index (χ3v) is 4.35. The summed E-state index contributed by atoms with van der Waals surface area (Å²) in [4.78, 5) is 14.1. The van der Waals surface area contributed by atoms with Gasteiger partial charge in [0.05, 0.1) is 6.61 Å². The Morgan fingerprint density at radius 2 is 2.50 bits per heavy atom. The Labute approximate surface area is 125 Å². The topological polar surface area (TPSA) is 41.6 Å². The van der Waals surface area contributed by atoms with Gasteiger partial charge in [-0.15, -0.1) is 0 Å². The monoisotopic (exact) mass is 296 g/mol. The van der Waals surface area contributed by atoms with Gasteiger partial charge in [-0.25, -0.2) is 4.79 Å². The zero-order valence-corrected chi connectivity index (χ0v) is 13.1. The molecule has 1 N–H and O–H groups in total. The van der Waals surface area contributed by atoms with Crippen molar-refractivity contribution in [3.05, 3.63) is 22.4 Å². The number of nitrogens with one attached hydrogen (secondary N) is 1. The smallest absolute Gasteiger partial charge is 0.317 e. The zero-order valence-electron chi connectivity index (χ0n) is 12.3. The van der Waals surface area contributed by atoms with Crippen molar-refractivity contribution < 1.29 is 9.53 Å². The van der Waals surface area contributed by atoms with Crippen LogP contribution in [-0.2, 0) is 11.2 Å². The number of urea groups is 1. The van der Waals surface area contributed by atoms with E-state index < -0.39 is 0 Å². The number of ether oxygens (including phenoxy) is 1. The molecular formula is C15H24N2O2S. The zero-order chi connectivity index (χ0) is 14.4. The molecule has 1 aromatic heterocycles. The molecule has 2 heterocycles. The number of nitrogens with zero attached hydrogens (tertiary/aromatic N) is 1. The van der Waals surface area contributed by atoms with Crippen LogP contribution in [0.25, 0.3) is 0 Å². The van der Waals surface area contributed by atoms with E-state index in [1.807, 2.05) is 11.8 Å². The Hall–Kier alpha value is -1.07. The SMILES string of the molecule is CCOC[C@@H]1CCN(C(=O)N[C@H](C)Cc2ccsc2)C1. The van der Waals surface area contributed by atoms with Crippen LogP contribution in [0.4, 0.5) is 4.79 Å². The molecule has 1 fully saturated rings. The van der Waals surface area contributed by atoms with Crippen LogP contribution in [0, 0.1) is 5.92 Å². The van der Waals surface area contributed by atoms with E-state index in [-0.39, 0.29) is 12.1 Å². The molecule has 0 aliphatic carbocycles. The van der Waals surface area contributed by atoms with Gasteiger partial charge < -0.3 is 15.0 Å². The summed E-state index contributed by atoms with van der Waals surface area (Å²) in [5.74, 6) is 0.493. The van der Waals surface area contributed by atoms with Gasteiger partial charge in [0.15, 0.2) is 0 Å². The van der Waals surface area contributed by atoms with Crippen LogP contribution in [0.15, 0.2) is 16.8 Å². The molecule has 0 unspecified atom stereocenters. The van der Waals surface area contributed by atoms with E-state index in [2.05, 4.69) is 29.1 Å². The molecule has 1 aromatic rings. The summed E-state index contributed by atoms with van der Waals surface area (Å²) in [6.45, 7) is 7.24. The maximum Gasteiger partial charge on any atom is 0.317 e. The first-order valence-corrected chi connectivity index (χ1v) is 8.27. The molecule has 2 rings (SSSR count). The second-order valence-corrected chi connectivity index (χ2v) is 6.23. The van der Waals surface area contributed by atoms with Gasteiger partial charge in [0.1, 0.15) is 0 Å². The van der Waals surface area contributed by atoms with Crippen molar-refractivity contribution in [1.29, 1.82) is 0 Å². The summed E-state index contributed by atoms with van der Waals surface area (Å²) in [5, 5.41) is 7.30. The first kappa shape index (κ1) is 15.3. The van der Waals surface area contributed by atoms with E-state index in [1.165, 1.54) is 5.56 Å². The highest BCUT2D eigenvalue weighted by Crippen LogP contribution is 2.17. The molecule has 1 aliphatic heterocycles. The molecule has 112 valence electrons. The highest BCUT2D eigenvalue weighted by Gasteiger charge is 2.26. The maximum absolute atomic E-state index is 12.2. The van der Waals surface area contributed by atoms with Crippen molar-refractivity contribution in [2.45, 2.75) is 32.7 Å². The van der Waals surface area contributed by atoms with Gasteiger partial charge in [0.25, 0.3) is 0 Å². The Bertz CT molecular complexity index is 408. The second-order valence-electron chi connectivity index (χ2n) is 5.45. The van der Waals surface area contributed by atoms with Gasteiger partial charge in [-0.1, -0.05) is 0 Å². The summed E-state index contributed by atoms with van der Waals surface area (Å²) in [6, 6.07) is 2.34. The summed E-state index contributed by atoms with van der Waals surface area (Å²) >= 11 is 1.70. The molecule has 0 aromatic carbocycles. The Kier molecular flexibility index (Phi) is 5.86. The summed E-state index contributed by atoms with van der Waals surface area (Å²) in [7, 11) is 0. The number of thiophene rings is 1. The molecular weight excluding hydrogens is 272 g/mol. The molecule has 0 saturated carbocycles. The van der Waals surface area contributed by atoms with Crippen LogP contribution in [0.2, 0.25) is 0 Å². The van der Waals surface area contributed by atoms with Crippen LogP contribution in [0.3, 0.4) is 0 Å². The Morgan fingerprint density at radius 3 is 3.20 bits per heavy atom. The van der Waals surface area contributed by atoms with Crippen molar-refractivity contribution in [3.63, 3.8) is 0 Å². The molecule has 0 bridgehead atoms. The fourth-order valence-electron chi connectivity index (χ4n) is 2.55. The predicted molar refractivity (Wildman–Crippen MR) is 82.2 cm³/mol. The van der Waals surface area contributed by atoms with E-state index in [4.69, 9.17) is 4.74 Å². The van der Waals surface area contributed by atoms with Crippen molar-refractivity contribution in [2.24, 2.45) is 5.92 Å². The first-order valence-electron chi connectivity index (χ1n) is 7.33. The summed E-state index contributed by atoms with van der Waals surface area (Å²) < 4.78 is 5.44. The fraction of sp³-hybridized carbons (Fsp3) is 0.667. The molecule has 4 nitrogen and oxygen atoms in total. The number of carbonyl (C=O) groups is 1. The lowest BCUT2D eigenvalue weighted by atomic mass is 10.1. The van der Waals surface area contributed by atoms with Gasteiger partial charge in [-0.3, -0.25) is 0 Å². The van der Waals surface area contributed by atoms with E-state index >= 15 is 0 Å². The molecule has 1 aliphatic rings.